The first-order valence-corrected chi connectivity index (χ1v) is 7.35. The predicted molar refractivity (Wildman–Crippen MR) is 79.8 cm³/mol. The lowest BCUT2D eigenvalue weighted by atomic mass is 10.0. The Bertz CT molecular complexity index is 606. The van der Waals surface area contributed by atoms with Crippen LogP contribution in [-0.4, -0.2) is 23.7 Å². The number of aliphatic hydroxyl groups excluding tert-OH is 1. The molecule has 2 aromatic rings. The van der Waals surface area contributed by atoms with E-state index in [0.29, 0.717) is 12.3 Å². The summed E-state index contributed by atoms with van der Waals surface area (Å²) in [4.78, 5) is 12.3. The van der Waals surface area contributed by atoms with Crippen molar-refractivity contribution in [1.29, 1.82) is 0 Å². The van der Waals surface area contributed by atoms with Crippen LogP contribution in [0.15, 0.2) is 47.1 Å². The minimum Gasteiger partial charge on any atom is -0.459 e. The highest BCUT2D eigenvalue weighted by Crippen LogP contribution is 2.26. The Labute approximate surface area is 123 Å². The third kappa shape index (κ3) is 3.00. The first-order chi connectivity index (χ1) is 10.3. The number of hydrogen-bond acceptors (Lipinski definition) is 3. The molecular weight excluding hydrogens is 266 g/mol. The average molecular weight is 285 g/mol. The molecule has 4 heteroatoms. The molecule has 1 aliphatic rings. The van der Waals surface area contributed by atoms with Crippen LogP contribution in [0, 0.1) is 5.92 Å². The van der Waals surface area contributed by atoms with Crippen LogP contribution in [0.1, 0.15) is 29.8 Å². The molecule has 1 aliphatic carbocycles. The molecule has 0 spiro atoms. The Hall–Kier alpha value is -2.07. The maximum atomic E-state index is 12.3. The van der Waals surface area contributed by atoms with E-state index in [4.69, 9.17) is 4.42 Å². The topological polar surface area (TPSA) is 62.5 Å². The maximum Gasteiger partial charge on any atom is 0.287 e. The Kier molecular flexibility index (Phi) is 4.06. The van der Waals surface area contributed by atoms with Gasteiger partial charge in [0.2, 0.25) is 0 Å². The molecule has 0 radical (unpaired) electrons. The summed E-state index contributed by atoms with van der Waals surface area (Å²) in [5, 5.41) is 12.7. The van der Waals surface area contributed by atoms with Crippen molar-refractivity contribution < 1.29 is 14.3 Å². The molecule has 1 aromatic carbocycles. The Balaban J connectivity index is 1.70. The first-order valence-electron chi connectivity index (χ1n) is 7.35. The predicted octanol–water partition coefficient (Wildman–Crippen LogP) is 2.84. The maximum absolute atomic E-state index is 12.3. The van der Waals surface area contributed by atoms with Gasteiger partial charge in [0.1, 0.15) is 0 Å². The molecule has 21 heavy (non-hydrogen) atoms. The summed E-state index contributed by atoms with van der Waals surface area (Å²) in [5.74, 6) is 0.260. The summed E-state index contributed by atoms with van der Waals surface area (Å²) in [6, 6.07) is 11.5. The minimum absolute atomic E-state index is 0.157. The first kappa shape index (κ1) is 13.9. The minimum atomic E-state index is -0.296. The monoisotopic (exact) mass is 285 g/mol. The van der Waals surface area contributed by atoms with E-state index in [0.717, 1.165) is 30.4 Å². The standard InChI is InChI=1S/C17H19NO3/c19-15-8-4-7-13(15)11-18-17(20)16-14(9-10-21-16)12-5-2-1-3-6-12/h1-3,5-6,9-10,13,15,19H,4,7-8,11H2,(H,18,20). The van der Waals surface area contributed by atoms with Gasteiger partial charge in [-0.1, -0.05) is 36.8 Å². The van der Waals surface area contributed by atoms with Crippen LogP contribution in [0.2, 0.25) is 0 Å². The molecule has 1 aromatic heterocycles. The van der Waals surface area contributed by atoms with E-state index in [1.165, 1.54) is 6.26 Å². The molecule has 3 rings (SSSR count). The van der Waals surface area contributed by atoms with Gasteiger partial charge in [0.25, 0.3) is 5.91 Å². The fraction of sp³-hybridized carbons (Fsp3) is 0.353. The highest BCUT2D eigenvalue weighted by Gasteiger charge is 2.26. The van der Waals surface area contributed by atoms with Crippen LogP contribution in [-0.2, 0) is 0 Å². The van der Waals surface area contributed by atoms with Gasteiger partial charge in [0.15, 0.2) is 5.76 Å². The number of aliphatic hydroxyl groups is 1. The van der Waals surface area contributed by atoms with Gasteiger partial charge >= 0.3 is 0 Å². The molecule has 110 valence electrons. The number of furan rings is 1. The second kappa shape index (κ2) is 6.14. The third-order valence-electron chi connectivity index (χ3n) is 4.10. The Morgan fingerprint density at radius 2 is 2.05 bits per heavy atom. The molecule has 1 fully saturated rings. The van der Waals surface area contributed by atoms with Crippen LogP contribution in [0.25, 0.3) is 11.1 Å². The highest BCUT2D eigenvalue weighted by atomic mass is 16.3. The Morgan fingerprint density at radius 1 is 1.24 bits per heavy atom. The normalized spacial score (nSPS) is 21.4. The second-order valence-corrected chi connectivity index (χ2v) is 5.50. The van der Waals surface area contributed by atoms with Gasteiger partial charge in [-0.2, -0.15) is 0 Å². The van der Waals surface area contributed by atoms with Gasteiger partial charge in [0, 0.05) is 18.0 Å². The van der Waals surface area contributed by atoms with Crippen molar-refractivity contribution in [2.45, 2.75) is 25.4 Å². The lowest BCUT2D eigenvalue weighted by Crippen LogP contribution is -2.32. The van der Waals surface area contributed by atoms with Crippen molar-refractivity contribution in [3.8, 4) is 11.1 Å². The molecule has 1 heterocycles. The summed E-state index contributed by atoms with van der Waals surface area (Å²) in [6.45, 7) is 0.495. The van der Waals surface area contributed by atoms with E-state index in [-0.39, 0.29) is 17.9 Å². The van der Waals surface area contributed by atoms with Crippen LogP contribution in [0.4, 0.5) is 0 Å². The van der Waals surface area contributed by atoms with Crippen LogP contribution in [0.5, 0.6) is 0 Å². The molecule has 1 amide bonds. The van der Waals surface area contributed by atoms with E-state index in [1.807, 2.05) is 30.3 Å². The number of amides is 1. The SMILES string of the molecule is O=C(NCC1CCCC1O)c1occc1-c1ccccc1. The van der Waals surface area contributed by atoms with Crippen LogP contribution < -0.4 is 5.32 Å². The quantitative estimate of drug-likeness (QED) is 0.908. The van der Waals surface area contributed by atoms with Crippen LogP contribution >= 0.6 is 0 Å². The lowest BCUT2D eigenvalue weighted by Gasteiger charge is -2.14. The van der Waals surface area contributed by atoms with Crippen molar-refractivity contribution >= 4 is 5.91 Å². The van der Waals surface area contributed by atoms with Gasteiger partial charge in [-0.15, -0.1) is 0 Å². The largest absolute Gasteiger partial charge is 0.459 e. The molecule has 2 atom stereocenters. The number of carbonyl (C=O) groups is 1. The molecule has 1 saturated carbocycles. The molecule has 0 bridgehead atoms. The number of rotatable bonds is 4. The van der Waals surface area contributed by atoms with Crippen molar-refractivity contribution in [1.82, 2.24) is 5.32 Å². The molecule has 2 N–H and O–H groups in total. The van der Waals surface area contributed by atoms with E-state index in [2.05, 4.69) is 5.32 Å². The number of hydrogen-bond donors (Lipinski definition) is 2. The van der Waals surface area contributed by atoms with Crippen molar-refractivity contribution in [2.24, 2.45) is 5.92 Å². The van der Waals surface area contributed by atoms with Gasteiger partial charge in [0.05, 0.1) is 12.4 Å². The third-order valence-corrected chi connectivity index (χ3v) is 4.10. The van der Waals surface area contributed by atoms with Gasteiger partial charge in [-0.05, 0) is 24.5 Å². The van der Waals surface area contributed by atoms with Gasteiger partial charge in [-0.3, -0.25) is 4.79 Å². The highest BCUT2D eigenvalue weighted by molar-refractivity contribution is 5.98. The summed E-state index contributed by atoms with van der Waals surface area (Å²) in [5.41, 5.74) is 1.75. The Morgan fingerprint density at radius 3 is 2.76 bits per heavy atom. The molecule has 4 nitrogen and oxygen atoms in total. The zero-order valence-corrected chi connectivity index (χ0v) is 11.8. The number of nitrogens with one attached hydrogen (secondary N) is 1. The second-order valence-electron chi connectivity index (χ2n) is 5.50. The summed E-state index contributed by atoms with van der Waals surface area (Å²) in [6.07, 6.45) is 4.05. The van der Waals surface area contributed by atoms with E-state index in [1.54, 1.807) is 6.07 Å². The molecular formula is C17H19NO3. The van der Waals surface area contributed by atoms with E-state index >= 15 is 0 Å². The zero-order valence-electron chi connectivity index (χ0n) is 11.8. The van der Waals surface area contributed by atoms with Gasteiger partial charge < -0.3 is 14.8 Å². The summed E-state index contributed by atoms with van der Waals surface area (Å²) < 4.78 is 5.35. The smallest absolute Gasteiger partial charge is 0.287 e. The fourth-order valence-electron chi connectivity index (χ4n) is 2.89. The molecule has 2 unspecified atom stereocenters. The van der Waals surface area contributed by atoms with Gasteiger partial charge in [-0.25, -0.2) is 0 Å². The fourth-order valence-corrected chi connectivity index (χ4v) is 2.89. The van der Waals surface area contributed by atoms with Crippen LogP contribution in [0.3, 0.4) is 0 Å². The molecule has 0 saturated heterocycles. The van der Waals surface area contributed by atoms with E-state index in [9.17, 15) is 9.90 Å². The lowest BCUT2D eigenvalue weighted by molar-refractivity contribution is 0.0891. The van der Waals surface area contributed by atoms with Crippen molar-refractivity contribution in [3.05, 3.63) is 48.4 Å². The summed E-state index contributed by atoms with van der Waals surface area (Å²) >= 11 is 0. The number of benzene rings is 1. The van der Waals surface area contributed by atoms with Crippen molar-refractivity contribution in [2.75, 3.05) is 6.54 Å². The van der Waals surface area contributed by atoms with E-state index < -0.39 is 0 Å². The average Bonchev–Trinajstić information content (AvgIpc) is 3.15. The molecule has 0 aliphatic heterocycles. The van der Waals surface area contributed by atoms with Crippen molar-refractivity contribution in [3.63, 3.8) is 0 Å². The summed E-state index contributed by atoms with van der Waals surface area (Å²) in [7, 11) is 0. The zero-order chi connectivity index (χ0) is 14.7. The number of carbonyl (C=O) groups excluding carboxylic acids is 1.